The van der Waals surface area contributed by atoms with Gasteiger partial charge in [0.15, 0.2) is 0 Å². The molecule has 0 unspecified atom stereocenters. The van der Waals surface area contributed by atoms with Crippen LogP contribution >= 0.6 is 0 Å². The van der Waals surface area contributed by atoms with Gasteiger partial charge in [0, 0.05) is 10.8 Å². The quantitative estimate of drug-likeness (QED) is 0.641. The monoisotopic (exact) mass is 322 g/mol. The number of fused-ring (bicyclic) bond motifs is 3. The minimum atomic E-state index is -0.683. The fraction of sp³-hybridized carbons (Fsp3) is 1.00. The van der Waals surface area contributed by atoms with Gasteiger partial charge >= 0.3 is 0 Å². The second kappa shape index (κ2) is 4.34. The lowest BCUT2D eigenvalue weighted by molar-refractivity contribution is -0.273. The van der Waals surface area contributed by atoms with E-state index < -0.39 is 11.2 Å². The molecule has 0 amide bonds. The van der Waals surface area contributed by atoms with E-state index >= 15 is 0 Å². The molecule has 3 heteroatoms. The zero-order valence-corrected chi connectivity index (χ0v) is 15.2. The standard InChI is InChI=1S/C20H34O3/c1-16(2)14-6-9-19-11-13(18(4,22)12-19)5-10-20(19,23)17(14,3)8-7-15(16)21/h13-15,21-23H,5-12H2,1-4H3/t13-,14-,15+,17-,18-,19+,20-/m1/s1. The van der Waals surface area contributed by atoms with Gasteiger partial charge in [-0.2, -0.15) is 0 Å². The molecule has 4 saturated carbocycles. The largest absolute Gasteiger partial charge is 0.393 e. The maximum absolute atomic E-state index is 12.1. The normalized spacial score (nSPS) is 60.9. The molecule has 4 aliphatic carbocycles. The second-order valence-electron chi connectivity index (χ2n) is 10.5. The van der Waals surface area contributed by atoms with Crippen molar-refractivity contribution in [3.8, 4) is 0 Å². The Morgan fingerprint density at radius 2 is 1.57 bits per heavy atom. The summed E-state index contributed by atoms with van der Waals surface area (Å²) in [4.78, 5) is 0. The van der Waals surface area contributed by atoms with Gasteiger partial charge in [-0.05, 0) is 75.5 Å². The van der Waals surface area contributed by atoms with E-state index in [2.05, 4.69) is 20.8 Å². The van der Waals surface area contributed by atoms with Crippen LogP contribution < -0.4 is 0 Å². The summed E-state index contributed by atoms with van der Waals surface area (Å²) >= 11 is 0. The predicted molar refractivity (Wildman–Crippen MR) is 89.8 cm³/mol. The van der Waals surface area contributed by atoms with Crippen LogP contribution in [0.2, 0.25) is 0 Å². The molecular formula is C20H34O3. The van der Waals surface area contributed by atoms with E-state index in [1.54, 1.807) is 0 Å². The fourth-order valence-electron chi connectivity index (χ4n) is 7.90. The Hall–Kier alpha value is -0.120. The van der Waals surface area contributed by atoms with Crippen LogP contribution in [0.1, 0.15) is 79.1 Å². The van der Waals surface area contributed by atoms with E-state index in [4.69, 9.17) is 0 Å². The molecule has 1 spiro atoms. The molecule has 0 aromatic rings. The van der Waals surface area contributed by atoms with E-state index in [0.29, 0.717) is 11.8 Å². The molecule has 0 aliphatic heterocycles. The smallest absolute Gasteiger partial charge is 0.0761 e. The number of rotatable bonds is 0. The van der Waals surface area contributed by atoms with Gasteiger partial charge in [0.1, 0.15) is 0 Å². The van der Waals surface area contributed by atoms with Crippen molar-refractivity contribution in [2.24, 2.45) is 28.1 Å². The van der Waals surface area contributed by atoms with Crippen LogP contribution in [0.5, 0.6) is 0 Å². The Bertz CT molecular complexity index is 527. The van der Waals surface area contributed by atoms with Crippen molar-refractivity contribution in [1.29, 1.82) is 0 Å². The Labute approximate surface area is 140 Å². The van der Waals surface area contributed by atoms with Crippen LogP contribution in [-0.4, -0.2) is 32.6 Å². The molecule has 4 aliphatic rings. The van der Waals surface area contributed by atoms with E-state index in [9.17, 15) is 15.3 Å². The first-order valence-corrected chi connectivity index (χ1v) is 9.61. The number of hydrogen-bond acceptors (Lipinski definition) is 3. The SMILES string of the molecule is CC1(C)[C@H]2CC[C@@]34C[C@@H](CC[C@@]3(O)[C@]2(C)CC[C@@H]1O)[C@](C)(O)C4. The molecule has 23 heavy (non-hydrogen) atoms. The summed E-state index contributed by atoms with van der Waals surface area (Å²) < 4.78 is 0. The third-order valence-electron chi connectivity index (χ3n) is 9.26. The van der Waals surface area contributed by atoms with Gasteiger partial charge < -0.3 is 15.3 Å². The minimum absolute atomic E-state index is 0.108. The molecule has 0 radical (unpaired) electrons. The van der Waals surface area contributed by atoms with Crippen LogP contribution in [0.25, 0.3) is 0 Å². The number of hydrogen-bond donors (Lipinski definition) is 3. The third-order valence-corrected chi connectivity index (χ3v) is 9.26. The van der Waals surface area contributed by atoms with Crippen molar-refractivity contribution in [3.05, 3.63) is 0 Å². The van der Waals surface area contributed by atoms with E-state index in [0.717, 1.165) is 51.4 Å². The first-order valence-electron chi connectivity index (χ1n) is 9.61. The first kappa shape index (κ1) is 16.4. The molecular weight excluding hydrogens is 288 g/mol. The lowest BCUT2D eigenvalue weighted by Gasteiger charge is -2.68. The summed E-state index contributed by atoms with van der Waals surface area (Å²) in [5, 5.41) is 33.5. The summed E-state index contributed by atoms with van der Waals surface area (Å²) in [5.41, 5.74) is -1.68. The maximum Gasteiger partial charge on any atom is 0.0761 e. The van der Waals surface area contributed by atoms with E-state index in [1.165, 1.54) is 0 Å². The molecule has 4 rings (SSSR count). The van der Waals surface area contributed by atoms with Crippen molar-refractivity contribution in [3.63, 3.8) is 0 Å². The topological polar surface area (TPSA) is 60.7 Å². The zero-order chi connectivity index (χ0) is 16.9. The van der Waals surface area contributed by atoms with Crippen molar-refractivity contribution in [2.45, 2.75) is 96.4 Å². The second-order valence-corrected chi connectivity index (χ2v) is 10.5. The summed E-state index contributed by atoms with van der Waals surface area (Å²) in [6, 6.07) is 0. The third kappa shape index (κ3) is 1.72. The van der Waals surface area contributed by atoms with Gasteiger partial charge in [-0.1, -0.05) is 20.8 Å². The summed E-state index contributed by atoms with van der Waals surface area (Å²) in [5.74, 6) is 0.710. The van der Waals surface area contributed by atoms with Crippen molar-refractivity contribution in [2.75, 3.05) is 0 Å². The van der Waals surface area contributed by atoms with Gasteiger partial charge in [0.2, 0.25) is 0 Å². The van der Waals surface area contributed by atoms with Crippen molar-refractivity contribution in [1.82, 2.24) is 0 Å². The zero-order valence-electron chi connectivity index (χ0n) is 15.2. The summed E-state index contributed by atoms with van der Waals surface area (Å²) in [7, 11) is 0. The van der Waals surface area contributed by atoms with Gasteiger partial charge in [-0.15, -0.1) is 0 Å². The highest BCUT2D eigenvalue weighted by atomic mass is 16.3. The summed E-state index contributed by atoms with van der Waals surface area (Å²) in [6.45, 7) is 8.66. The van der Waals surface area contributed by atoms with Gasteiger partial charge in [-0.3, -0.25) is 0 Å². The molecule has 0 aromatic carbocycles. The van der Waals surface area contributed by atoms with Gasteiger partial charge in [0.25, 0.3) is 0 Å². The van der Waals surface area contributed by atoms with E-state index in [1.807, 2.05) is 6.92 Å². The Balaban J connectivity index is 1.80. The average Bonchev–Trinajstić information content (AvgIpc) is 2.66. The van der Waals surface area contributed by atoms with Crippen molar-refractivity contribution >= 4 is 0 Å². The first-order chi connectivity index (χ1) is 10.5. The summed E-state index contributed by atoms with van der Waals surface area (Å²) in [6.07, 6.45) is 7.03. The van der Waals surface area contributed by atoms with Crippen LogP contribution in [0.4, 0.5) is 0 Å². The van der Waals surface area contributed by atoms with Crippen LogP contribution in [-0.2, 0) is 0 Å². The molecule has 0 saturated heterocycles. The highest BCUT2D eigenvalue weighted by Gasteiger charge is 2.73. The fourth-order valence-corrected chi connectivity index (χ4v) is 7.90. The predicted octanol–water partition coefficient (Wildman–Crippen LogP) is 3.26. The van der Waals surface area contributed by atoms with Gasteiger partial charge in [0.05, 0.1) is 17.3 Å². The number of aliphatic hydroxyl groups is 3. The number of aliphatic hydroxyl groups excluding tert-OH is 1. The molecule has 132 valence electrons. The molecule has 7 atom stereocenters. The van der Waals surface area contributed by atoms with Crippen LogP contribution in [0, 0.1) is 28.1 Å². The molecule has 4 fully saturated rings. The Morgan fingerprint density at radius 3 is 2.26 bits per heavy atom. The lowest BCUT2D eigenvalue weighted by Crippen LogP contribution is -2.69. The molecule has 3 N–H and O–H groups in total. The molecule has 0 heterocycles. The average molecular weight is 322 g/mol. The van der Waals surface area contributed by atoms with E-state index in [-0.39, 0.29) is 22.3 Å². The van der Waals surface area contributed by atoms with Crippen molar-refractivity contribution < 1.29 is 15.3 Å². The maximum atomic E-state index is 12.1. The molecule has 0 aromatic heterocycles. The molecule has 2 bridgehead atoms. The Morgan fingerprint density at radius 1 is 0.870 bits per heavy atom. The van der Waals surface area contributed by atoms with Gasteiger partial charge in [-0.25, -0.2) is 0 Å². The minimum Gasteiger partial charge on any atom is -0.393 e. The Kier molecular flexibility index (Phi) is 3.09. The van der Waals surface area contributed by atoms with Crippen LogP contribution in [0.3, 0.4) is 0 Å². The molecule has 3 nitrogen and oxygen atoms in total. The van der Waals surface area contributed by atoms with Crippen LogP contribution in [0.15, 0.2) is 0 Å². The highest BCUT2D eigenvalue weighted by Crippen LogP contribution is 2.74. The highest BCUT2D eigenvalue weighted by molar-refractivity contribution is 5.23. The lowest BCUT2D eigenvalue weighted by atomic mass is 9.38.